The Morgan fingerprint density at radius 2 is 1.75 bits per heavy atom. The number of hydrogen-bond acceptors (Lipinski definition) is 7. The molecule has 0 aliphatic carbocycles. The van der Waals surface area contributed by atoms with Gasteiger partial charge in [-0.15, -0.1) is 0 Å². The number of ether oxygens (including phenoxy) is 2. The number of rotatable bonds is 15. The molecule has 10 heteroatoms. The molecule has 0 aromatic rings. The Bertz CT molecular complexity index is 544. The fourth-order valence-electron chi connectivity index (χ4n) is 1.80. The zero-order valence-corrected chi connectivity index (χ0v) is 18.5. The second-order valence-corrected chi connectivity index (χ2v) is 8.69. The molecule has 0 saturated heterocycles. The molecule has 1 unspecified atom stereocenters. The van der Waals surface area contributed by atoms with Crippen LogP contribution in [0.15, 0.2) is 12.2 Å². The van der Waals surface area contributed by atoms with Crippen LogP contribution in [0.5, 0.6) is 0 Å². The molecule has 9 nitrogen and oxygen atoms in total. The van der Waals surface area contributed by atoms with Crippen molar-refractivity contribution >= 4 is 19.8 Å². The topological polar surface area (TPSA) is 108 Å². The van der Waals surface area contributed by atoms with E-state index in [0.717, 1.165) is 6.42 Å². The van der Waals surface area contributed by atoms with Crippen LogP contribution in [-0.4, -0.2) is 74.9 Å². The molecule has 0 saturated carbocycles. The van der Waals surface area contributed by atoms with E-state index in [1.165, 1.54) is 0 Å². The summed E-state index contributed by atoms with van der Waals surface area (Å²) in [6, 6.07) is 0. The van der Waals surface area contributed by atoms with Crippen LogP contribution < -0.4 is 0 Å². The molecule has 0 aromatic carbocycles. The zero-order chi connectivity index (χ0) is 21.6. The first-order valence-electron chi connectivity index (χ1n) is 9.41. The molecule has 0 rings (SSSR count). The Kier molecular flexibility index (Phi) is 13.2. The maximum Gasteiger partial charge on any atom is 0.472 e. The number of phosphoric acid groups is 1. The molecular formula is C18H35NO8P+. The van der Waals surface area contributed by atoms with E-state index in [-0.39, 0.29) is 26.1 Å². The maximum atomic E-state index is 12.0. The van der Waals surface area contributed by atoms with Gasteiger partial charge in [-0.25, -0.2) is 4.57 Å². The summed E-state index contributed by atoms with van der Waals surface area (Å²) >= 11 is 0. The van der Waals surface area contributed by atoms with E-state index in [1.807, 2.05) is 41.1 Å². The van der Waals surface area contributed by atoms with Gasteiger partial charge in [0.05, 0.1) is 34.2 Å². The average Bonchev–Trinajstić information content (AvgIpc) is 2.56. The largest absolute Gasteiger partial charge is 0.472 e. The lowest BCUT2D eigenvalue weighted by molar-refractivity contribution is -0.870. The van der Waals surface area contributed by atoms with Crippen molar-refractivity contribution in [3.05, 3.63) is 12.2 Å². The monoisotopic (exact) mass is 424 g/mol. The predicted molar refractivity (Wildman–Crippen MR) is 104 cm³/mol. The summed E-state index contributed by atoms with van der Waals surface area (Å²) in [5.74, 6) is -0.996. The van der Waals surface area contributed by atoms with Crippen LogP contribution >= 0.6 is 7.82 Å². The molecule has 0 radical (unpaired) electrons. The van der Waals surface area contributed by atoms with Gasteiger partial charge in [0.15, 0.2) is 6.10 Å². The van der Waals surface area contributed by atoms with Gasteiger partial charge in [-0.05, 0) is 12.8 Å². The van der Waals surface area contributed by atoms with Gasteiger partial charge in [-0.1, -0.05) is 26.0 Å². The summed E-state index contributed by atoms with van der Waals surface area (Å²) in [5.41, 5.74) is 0. The summed E-state index contributed by atoms with van der Waals surface area (Å²) in [6.07, 6.45) is 4.15. The van der Waals surface area contributed by atoms with Crippen molar-refractivity contribution in [3.8, 4) is 0 Å². The van der Waals surface area contributed by atoms with Gasteiger partial charge in [-0.3, -0.25) is 18.6 Å². The fourth-order valence-corrected chi connectivity index (χ4v) is 2.54. The Balaban J connectivity index is 4.66. The van der Waals surface area contributed by atoms with Crippen LogP contribution in [0, 0.1) is 0 Å². The van der Waals surface area contributed by atoms with Gasteiger partial charge < -0.3 is 18.9 Å². The van der Waals surface area contributed by atoms with Gasteiger partial charge in [0, 0.05) is 6.42 Å². The predicted octanol–water partition coefficient (Wildman–Crippen LogP) is 2.44. The van der Waals surface area contributed by atoms with Crippen molar-refractivity contribution in [2.45, 2.75) is 45.6 Å². The van der Waals surface area contributed by atoms with Crippen LogP contribution in [0.1, 0.15) is 39.5 Å². The minimum atomic E-state index is -4.32. The number of carbonyl (C=O) groups excluding carboxylic acids is 2. The molecule has 0 heterocycles. The molecule has 1 N–H and O–H groups in total. The molecule has 164 valence electrons. The lowest BCUT2D eigenvalue weighted by atomic mass is 10.3. The van der Waals surface area contributed by atoms with E-state index in [4.69, 9.17) is 18.5 Å². The van der Waals surface area contributed by atoms with Crippen LogP contribution in [0.25, 0.3) is 0 Å². The standard InChI is InChI=1S/C18H34NO8P/c1-6-8-9-11-18(21)27-16(14-24-17(20)10-7-2)15-26-28(22,23)25-13-12-19(3,4)5/h8-9,16H,6-7,10-15H2,1-5H3/p+1/b9-8-/t16-/m1/s1. The molecular weight excluding hydrogens is 389 g/mol. The SMILES string of the molecule is CC/C=C\CC(=O)O[C@H](COC(=O)CCC)COP(=O)(O)OCC[N+](C)(C)C. The summed E-state index contributed by atoms with van der Waals surface area (Å²) in [6.45, 7) is 3.60. The maximum absolute atomic E-state index is 12.0. The molecule has 0 amide bonds. The number of phosphoric ester groups is 1. The third kappa shape index (κ3) is 15.8. The van der Waals surface area contributed by atoms with E-state index < -0.39 is 32.5 Å². The number of hydrogen-bond donors (Lipinski definition) is 1. The highest BCUT2D eigenvalue weighted by Gasteiger charge is 2.26. The zero-order valence-electron chi connectivity index (χ0n) is 17.6. The number of likely N-dealkylation sites (N-methyl/N-ethyl adjacent to an activating group) is 1. The van der Waals surface area contributed by atoms with Gasteiger partial charge >= 0.3 is 19.8 Å². The summed E-state index contributed by atoms with van der Waals surface area (Å²) in [7, 11) is 1.43. The number of esters is 2. The minimum Gasteiger partial charge on any atom is -0.462 e. The molecule has 0 spiro atoms. The highest BCUT2D eigenvalue weighted by atomic mass is 31.2. The molecule has 0 fully saturated rings. The Hall–Kier alpha value is -1.25. The molecule has 0 aliphatic rings. The molecule has 0 bridgehead atoms. The van der Waals surface area contributed by atoms with Gasteiger partial charge in [0.1, 0.15) is 19.8 Å². The van der Waals surface area contributed by atoms with Gasteiger partial charge in [0.2, 0.25) is 0 Å². The Morgan fingerprint density at radius 3 is 2.32 bits per heavy atom. The van der Waals surface area contributed by atoms with Crippen molar-refractivity contribution in [2.75, 3.05) is 47.5 Å². The molecule has 28 heavy (non-hydrogen) atoms. The lowest BCUT2D eigenvalue weighted by Gasteiger charge is -2.24. The average molecular weight is 424 g/mol. The molecule has 0 aliphatic heterocycles. The first kappa shape index (κ1) is 26.8. The van der Waals surface area contributed by atoms with Crippen LogP contribution in [0.4, 0.5) is 0 Å². The number of nitrogens with zero attached hydrogens (tertiary/aromatic N) is 1. The van der Waals surface area contributed by atoms with E-state index in [2.05, 4.69) is 0 Å². The highest BCUT2D eigenvalue weighted by Crippen LogP contribution is 2.43. The smallest absolute Gasteiger partial charge is 0.462 e. The van der Waals surface area contributed by atoms with Crippen molar-refractivity contribution in [1.29, 1.82) is 0 Å². The molecule has 2 atom stereocenters. The second kappa shape index (κ2) is 13.8. The van der Waals surface area contributed by atoms with E-state index in [0.29, 0.717) is 17.4 Å². The Labute approximate surface area is 167 Å². The Morgan fingerprint density at radius 1 is 1.07 bits per heavy atom. The van der Waals surface area contributed by atoms with Crippen molar-refractivity contribution in [1.82, 2.24) is 0 Å². The first-order valence-corrected chi connectivity index (χ1v) is 10.9. The van der Waals surface area contributed by atoms with Gasteiger partial charge in [-0.2, -0.15) is 0 Å². The third-order valence-corrected chi connectivity index (χ3v) is 4.29. The highest BCUT2D eigenvalue weighted by molar-refractivity contribution is 7.47. The van der Waals surface area contributed by atoms with Crippen molar-refractivity contribution < 1.29 is 42.1 Å². The first-order chi connectivity index (χ1) is 13.0. The second-order valence-electron chi connectivity index (χ2n) is 7.24. The summed E-state index contributed by atoms with van der Waals surface area (Å²) in [5, 5.41) is 0. The third-order valence-electron chi connectivity index (χ3n) is 3.31. The molecule has 0 aromatic heterocycles. The van der Waals surface area contributed by atoms with E-state index >= 15 is 0 Å². The summed E-state index contributed by atoms with van der Waals surface area (Å²) in [4.78, 5) is 33.2. The number of quaternary nitrogens is 1. The van der Waals surface area contributed by atoms with Crippen LogP contribution in [0.3, 0.4) is 0 Å². The summed E-state index contributed by atoms with van der Waals surface area (Å²) < 4.78 is 32.6. The number of allylic oxidation sites excluding steroid dienone is 1. The van der Waals surface area contributed by atoms with Gasteiger partial charge in [0.25, 0.3) is 0 Å². The van der Waals surface area contributed by atoms with Crippen molar-refractivity contribution in [2.24, 2.45) is 0 Å². The van der Waals surface area contributed by atoms with Crippen LogP contribution in [0.2, 0.25) is 0 Å². The van der Waals surface area contributed by atoms with Crippen molar-refractivity contribution in [3.63, 3.8) is 0 Å². The normalized spacial score (nSPS) is 15.2. The van der Waals surface area contributed by atoms with E-state index in [1.54, 1.807) is 6.08 Å². The number of carbonyl (C=O) groups is 2. The quantitative estimate of drug-likeness (QED) is 0.185. The minimum absolute atomic E-state index is 0.0228. The fraction of sp³-hybridized carbons (Fsp3) is 0.778. The van der Waals surface area contributed by atoms with E-state index in [9.17, 15) is 19.0 Å². The lowest BCUT2D eigenvalue weighted by Crippen LogP contribution is -2.37. The van der Waals surface area contributed by atoms with Crippen LogP contribution in [-0.2, 0) is 32.7 Å².